The number of nitro benzene ring substituents is 2. The highest BCUT2D eigenvalue weighted by molar-refractivity contribution is 6.30. The number of non-ortho nitro benzene ring substituents is 1. The SMILES string of the molecule is N#C/C(=C/c1ccc(Oc2ccc([N+](=O)[O-])cc2[N+](=O)[O-])cc1)C(=O)Nc1ccc(Cl)cc1. The fourth-order valence-corrected chi connectivity index (χ4v) is 2.78. The Labute approximate surface area is 191 Å². The average Bonchev–Trinajstić information content (AvgIpc) is 2.80. The first kappa shape index (κ1) is 22.9. The molecule has 0 aromatic heterocycles. The standard InChI is InChI=1S/C22H13ClN4O6/c23-16-3-5-17(6-4-16)25-22(28)15(13-24)11-14-1-8-19(9-2-14)33-21-10-7-18(26(29)30)12-20(21)27(31)32/h1-12H,(H,25,28)/b15-11-. The van der Waals surface area contributed by atoms with Crippen LogP contribution < -0.4 is 10.1 Å². The van der Waals surface area contributed by atoms with Crippen LogP contribution in [0.25, 0.3) is 6.08 Å². The molecule has 0 saturated carbocycles. The third-order valence-electron chi connectivity index (χ3n) is 4.24. The summed E-state index contributed by atoms with van der Waals surface area (Å²) in [5.41, 5.74) is -0.166. The summed E-state index contributed by atoms with van der Waals surface area (Å²) >= 11 is 5.81. The Morgan fingerprint density at radius 3 is 2.24 bits per heavy atom. The molecule has 33 heavy (non-hydrogen) atoms. The Balaban J connectivity index is 1.76. The van der Waals surface area contributed by atoms with Gasteiger partial charge in [-0.2, -0.15) is 5.26 Å². The van der Waals surface area contributed by atoms with Crippen LogP contribution in [0.15, 0.2) is 72.3 Å². The maximum atomic E-state index is 12.3. The average molecular weight is 465 g/mol. The molecule has 0 fully saturated rings. The van der Waals surface area contributed by atoms with Gasteiger partial charge in [-0.15, -0.1) is 0 Å². The van der Waals surface area contributed by atoms with E-state index in [0.29, 0.717) is 16.3 Å². The van der Waals surface area contributed by atoms with E-state index in [2.05, 4.69) is 5.32 Å². The highest BCUT2D eigenvalue weighted by Gasteiger charge is 2.21. The van der Waals surface area contributed by atoms with Crippen molar-refractivity contribution in [3.63, 3.8) is 0 Å². The molecule has 3 aromatic carbocycles. The van der Waals surface area contributed by atoms with E-state index in [1.54, 1.807) is 36.4 Å². The second-order valence-electron chi connectivity index (χ2n) is 6.47. The Morgan fingerprint density at radius 2 is 1.67 bits per heavy atom. The number of nitro groups is 2. The van der Waals surface area contributed by atoms with Gasteiger partial charge in [0.2, 0.25) is 5.75 Å². The van der Waals surface area contributed by atoms with Gasteiger partial charge in [0, 0.05) is 16.8 Å². The maximum Gasteiger partial charge on any atom is 0.318 e. The van der Waals surface area contributed by atoms with E-state index in [-0.39, 0.29) is 17.1 Å². The summed E-state index contributed by atoms with van der Waals surface area (Å²) in [6.07, 6.45) is 1.36. The number of halogens is 1. The number of hydrogen-bond acceptors (Lipinski definition) is 7. The minimum absolute atomic E-state index is 0.148. The molecule has 0 saturated heterocycles. The lowest BCUT2D eigenvalue weighted by Gasteiger charge is -2.07. The molecule has 0 bridgehead atoms. The van der Waals surface area contributed by atoms with Crippen molar-refractivity contribution in [1.82, 2.24) is 0 Å². The van der Waals surface area contributed by atoms with Crippen LogP contribution in [-0.4, -0.2) is 15.8 Å². The molecule has 11 heteroatoms. The van der Waals surface area contributed by atoms with E-state index in [1.165, 1.54) is 18.2 Å². The fraction of sp³-hybridized carbons (Fsp3) is 0. The second kappa shape index (κ2) is 10.0. The van der Waals surface area contributed by atoms with Crippen LogP contribution in [0.3, 0.4) is 0 Å². The molecule has 10 nitrogen and oxygen atoms in total. The minimum atomic E-state index is -0.780. The Kier molecular flexibility index (Phi) is 6.97. The van der Waals surface area contributed by atoms with Crippen molar-refractivity contribution in [3.8, 4) is 17.6 Å². The number of nitriles is 1. The van der Waals surface area contributed by atoms with Gasteiger partial charge in [0.25, 0.3) is 11.6 Å². The smallest absolute Gasteiger partial charge is 0.318 e. The lowest BCUT2D eigenvalue weighted by Crippen LogP contribution is -2.13. The Morgan fingerprint density at radius 1 is 1.00 bits per heavy atom. The van der Waals surface area contributed by atoms with Gasteiger partial charge in [0.1, 0.15) is 17.4 Å². The normalized spacial score (nSPS) is 10.7. The van der Waals surface area contributed by atoms with Crippen molar-refractivity contribution in [3.05, 3.63) is 103 Å². The highest BCUT2D eigenvalue weighted by Crippen LogP contribution is 2.34. The van der Waals surface area contributed by atoms with Crippen molar-refractivity contribution >= 4 is 40.6 Å². The van der Waals surface area contributed by atoms with Gasteiger partial charge in [-0.3, -0.25) is 25.0 Å². The van der Waals surface area contributed by atoms with Crippen molar-refractivity contribution in [2.45, 2.75) is 0 Å². The molecule has 0 atom stereocenters. The maximum absolute atomic E-state index is 12.3. The van der Waals surface area contributed by atoms with Crippen molar-refractivity contribution < 1.29 is 19.4 Å². The number of benzene rings is 3. The van der Waals surface area contributed by atoms with Crippen LogP contribution in [-0.2, 0) is 4.79 Å². The number of amides is 1. The zero-order chi connectivity index (χ0) is 24.0. The molecule has 0 spiro atoms. The van der Waals surface area contributed by atoms with Crippen LogP contribution in [0, 0.1) is 31.6 Å². The summed E-state index contributed by atoms with van der Waals surface area (Å²) in [6.45, 7) is 0. The first-order valence-electron chi connectivity index (χ1n) is 9.16. The van der Waals surface area contributed by atoms with Gasteiger partial charge >= 0.3 is 5.69 Å². The number of ether oxygens (including phenoxy) is 1. The summed E-state index contributed by atoms with van der Waals surface area (Å²) in [5.74, 6) is -0.566. The molecule has 0 heterocycles. The molecule has 0 aliphatic rings. The number of nitrogens with zero attached hydrogens (tertiary/aromatic N) is 3. The van der Waals surface area contributed by atoms with Gasteiger partial charge in [-0.1, -0.05) is 23.7 Å². The highest BCUT2D eigenvalue weighted by atomic mass is 35.5. The molecule has 0 aliphatic heterocycles. The van der Waals surface area contributed by atoms with Gasteiger partial charge in [0.05, 0.1) is 15.9 Å². The summed E-state index contributed by atoms with van der Waals surface area (Å²) in [6, 6.07) is 17.3. The number of carbonyl (C=O) groups is 1. The van der Waals surface area contributed by atoms with Crippen molar-refractivity contribution in [1.29, 1.82) is 5.26 Å². The van der Waals surface area contributed by atoms with Crippen LogP contribution in [0.2, 0.25) is 5.02 Å². The number of anilines is 1. The third-order valence-corrected chi connectivity index (χ3v) is 4.49. The van der Waals surface area contributed by atoms with Gasteiger partial charge in [-0.05, 0) is 54.1 Å². The van der Waals surface area contributed by atoms with Crippen molar-refractivity contribution in [2.75, 3.05) is 5.32 Å². The molecule has 3 rings (SSSR count). The molecular formula is C22H13ClN4O6. The van der Waals surface area contributed by atoms with Crippen LogP contribution in [0.4, 0.5) is 17.1 Å². The molecule has 0 unspecified atom stereocenters. The number of nitrogens with one attached hydrogen (secondary N) is 1. The molecule has 1 amide bonds. The van der Waals surface area contributed by atoms with E-state index >= 15 is 0 Å². The van der Waals surface area contributed by atoms with Crippen molar-refractivity contribution in [2.24, 2.45) is 0 Å². The fourth-order valence-electron chi connectivity index (χ4n) is 2.65. The zero-order valence-corrected chi connectivity index (χ0v) is 17.4. The third kappa shape index (κ3) is 5.90. The molecule has 1 N–H and O–H groups in total. The predicted octanol–water partition coefficient (Wildman–Crippen LogP) is 5.49. The van der Waals surface area contributed by atoms with Crippen LogP contribution >= 0.6 is 11.6 Å². The summed E-state index contributed by atoms with van der Waals surface area (Å²) in [5, 5.41) is 34.5. The van der Waals surface area contributed by atoms with E-state index in [9.17, 15) is 30.3 Å². The Hall–Kier alpha value is -4.75. The number of rotatable bonds is 7. The van der Waals surface area contributed by atoms with Gasteiger partial charge < -0.3 is 10.1 Å². The number of carbonyl (C=O) groups excluding carboxylic acids is 1. The van der Waals surface area contributed by atoms with Gasteiger partial charge in [0.15, 0.2) is 0 Å². The summed E-state index contributed by atoms with van der Waals surface area (Å²) in [7, 11) is 0. The summed E-state index contributed by atoms with van der Waals surface area (Å²) < 4.78 is 5.49. The zero-order valence-electron chi connectivity index (χ0n) is 16.6. The first-order chi connectivity index (χ1) is 15.8. The molecule has 3 aromatic rings. The minimum Gasteiger partial charge on any atom is -0.450 e. The first-order valence-corrected chi connectivity index (χ1v) is 9.54. The summed E-state index contributed by atoms with van der Waals surface area (Å²) in [4.78, 5) is 32.9. The van der Waals surface area contributed by atoms with Crippen LogP contribution in [0.5, 0.6) is 11.5 Å². The quantitative estimate of drug-likeness (QED) is 0.210. The largest absolute Gasteiger partial charge is 0.450 e. The topological polar surface area (TPSA) is 148 Å². The number of hydrogen-bond donors (Lipinski definition) is 1. The van der Waals surface area contributed by atoms with E-state index < -0.39 is 27.1 Å². The molecular weight excluding hydrogens is 452 g/mol. The lowest BCUT2D eigenvalue weighted by atomic mass is 10.1. The monoisotopic (exact) mass is 464 g/mol. The second-order valence-corrected chi connectivity index (χ2v) is 6.90. The predicted molar refractivity (Wildman–Crippen MR) is 120 cm³/mol. The van der Waals surface area contributed by atoms with Crippen LogP contribution in [0.1, 0.15) is 5.56 Å². The van der Waals surface area contributed by atoms with E-state index in [0.717, 1.165) is 18.2 Å². The molecule has 0 radical (unpaired) electrons. The van der Waals surface area contributed by atoms with E-state index in [4.69, 9.17) is 16.3 Å². The molecule has 164 valence electrons. The van der Waals surface area contributed by atoms with Gasteiger partial charge in [-0.25, -0.2) is 0 Å². The Bertz CT molecular complexity index is 1300. The lowest BCUT2D eigenvalue weighted by molar-refractivity contribution is -0.394. The van der Waals surface area contributed by atoms with E-state index in [1.807, 2.05) is 6.07 Å². The molecule has 0 aliphatic carbocycles.